The van der Waals surface area contributed by atoms with Crippen molar-refractivity contribution in [2.24, 2.45) is 0 Å². The van der Waals surface area contributed by atoms with Gasteiger partial charge in [-0.1, -0.05) is 0 Å². The maximum atomic E-state index is 12.5. The van der Waals surface area contributed by atoms with Crippen LogP contribution in [0.25, 0.3) is 0 Å². The molecule has 1 aliphatic heterocycles. The first-order valence-electron chi connectivity index (χ1n) is 7.94. The van der Waals surface area contributed by atoms with Gasteiger partial charge in [0.15, 0.2) is 0 Å². The van der Waals surface area contributed by atoms with Gasteiger partial charge < -0.3 is 4.90 Å². The van der Waals surface area contributed by atoms with Crippen molar-refractivity contribution < 1.29 is 4.79 Å². The SMILES string of the molecule is CC(C)n1ccc(CC(=O)N2CCC[C@H](c3ccn[nH]3)C2)n1. The molecule has 1 fully saturated rings. The number of likely N-dealkylation sites (tertiary alicyclic amines) is 1. The van der Waals surface area contributed by atoms with Gasteiger partial charge in [-0.15, -0.1) is 0 Å². The van der Waals surface area contributed by atoms with Gasteiger partial charge in [-0.3, -0.25) is 14.6 Å². The van der Waals surface area contributed by atoms with Crippen LogP contribution in [0.2, 0.25) is 0 Å². The number of aromatic nitrogens is 4. The molecule has 2 aromatic rings. The third-order valence-corrected chi connectivity index (χ3v) is 4.26. The molecule has 22 heavy (non-hydrogen) atoms. The summed E-state index contributed by atoms with van der Waals surface area (Å²) in [6, 6.07) is 4.26. The van der Waals surface area contributed by atoms with Crippen LogP contribution >= 0.6 is 0 Å². The molecule has 0 saturated carbocycles. The quantitative estimate of drug-likeness (QED) is 0.940. The largest absolute Gasteiger partial charge is 0.342 e. The fourth-order valence-electron chi connectivity index (χ4n) is 2.98. The van der Waals surface area contributed by atoms with Crippen LogP contribution in [0.15, 0.2) is 24.5 Å². The van der Waals surface area contributed by atoms with Crippen molar-refractivity contribution in [3.8, 4) is 0 Å². The molecule has 2 aromatic heterocycles. The number of nitrogens with zero attached hydrogens (tertiary/aromatic N) is 4. The van der Waals surface area contributed by atoms with Crippen LogP contribution in [0.1, 0.15) is 50.0 Å². The van der Waals surface area contributed by atoms with Gasteiger partial charge in [0.2, 0.25) is 5.91 Å². The molecule has 3 rings (SSSR count). The molecule has 1 atom stereocenters. The summed E-state index contributed by atoms with van der Waals surface area (Å²) in [6.07, 6.45) is 6.24. The smallest absolute Gasteiger partial charge is 0.228 e. The number of carbonyl (C=O) groups excluding carboxylic acids is 1. The van der Waals surface area contributed by atoms with E-state index in [0.717, 1.165) is 37.3 Å². The summed E-state index contributed by atoms with van der Waals surface area (Å²) in [4.78, 5) is 14.5. The van der Waals surface area contributed by atoms with E-state index in [1.54, 1.807) is 6.20 Å². The summed E-state index contributed by atoms with van der Waals surface area (Å²) in [7, 11) is 0. The Balaban J connectivity index is 1.61. The van der Waals surface area contributed by atoms with Crippen molar-refractivity contribution in [3.05, 3.63) is 35.9 Å². The third kappa shape index (κ3) is 3.21. The topological polar surface area (TPSA) is 66.8 Å². The van der Waals surface area contributed by atoms with E-state index < -0.39 is 0 Å². The standard InChI is InChI=1S/C16H23N5O/c1-12(2)21-9-6-14(19-21)10-16(22)20-8-3-4-13(11-20)15-5-7-17-18-15/h5-7,9,12-13H,3-4,8,10-11H2,1-2H3,(H,17,18)/t13-/m0/s1. The minimum absolute atomic E-state index is 0.165. The molecule has 1 N–H and O–H groups in total. The van der Waals surface area contributed by atoms with Gasteiger partial charge in [0.05, 0.1) is 12.1 Å². The van der Waals surface area contributed by atoms with Crippen molar-refractivity contribution >= 4 is 5.91 Å². The lowest BCUT2D eigenvalue weighted by molar-refractivity contribution is -0.131. The lowest BCUT2D eigenvalue weighted by atomic mass is 9.94. The maximum absolute atomic E-state index is 12.5. The second kappa shape index (κ2) is 6.34. The van der Waals surface area contributed by atoms with Crippen LogP contribution in [-0.4, -0.2) is 43.9 Å². The zero-order chi connectivity index (χ0) is 15.5. The number of hydrogen-bond donors (Lipinski definition) is 1. The maximum Gasteiger partial charge on any atom is 0.228 e. The van der Waals surface area contributed by atoms with Crippen molar-refractivity contribution in [2.75, 3.05) is 13.1 Å². The van der Waals surface area contributed by atoms with Gasteiger partial charge in [0.1, 0.15) is 0 Å². The Morgan fingerprint density at radius 1 is 1.45 bits per heavy atom. The number of piperidine rings is 1. The molecule has 0 bridgehead atoms. The number of rotatable bonds is 4. The molecule has 0 aromatic carbocycles. The molecule has 0 unspecified atom stereocenters. The van der Waals surface area contributed by atoms with Crippen LogP contribution < -0.4 is 0 Å². The predicted molar refractivity (Wildman–Crippen MR) is 83.5 cm³/mol. The molecule has 0 spiro atoms. The highest BCUT2D eigenvalue weighted by atomic mass is 16.2. The molecular formula is C16H23N5O. The van der Waals surface area contributed by atoms with Gasteiger partial charge in [-0.2, -0.15) is 10.2 Å². The van der Waals surface area contributed by atoms with E-state index in [-0.39, 0.29) is 5.91 Å². The van der Waals surface area contributed by atoms with Crippen molar-refractivity contribution in [2.45, 2.75) is 45.1 Å². The van der Waals surface area contributed by atoms with Crippen LogP contribution in [0.4, 0.5) is 0 Å². The first-order chi connectivity index (χ1) is 10.6. The second-order valence-electron chi connectivity index (χ2n) is 6.25. The number of hydrogen-bond acceptors (Lipinski definition) is 3. The van der Waals surface area contributed by atoms with Gasteiger partial charge in [0, 0.05) is 43.1 Å². The summed E-state index contributed by atoms with van der Waals surface area (Å²) in [5.74, 6) is 0.534. The zero-order valence-electron chi connectivity index (χ0n) is 13.2. The van der Waals surface area contributed by atoms with E-state index in [1.165, 1.54) is 0 Å². The van der Waals surface area contributed by atoms with E-state index >= 15 is 0 Å². The average Bonchev–Trinajstić information content (AvgIpc) is 3.19. The minimum atomic E-state index is 0.165. The molecule has 1 saturated heterocycles. The average molecular weight is 301 g/mol. The molecule has 0 radical (unpaired) electrons. The molecule has 6 nitrogen and oxygen atoms in total. The molecule has 6 heteroatoms. The van der Waals surface area contributed by atoms with Crippen LogP contribution in [0.5, 0.6) is 0 Å². The van der Waals surface area contributed by atoms with Crippen molar-refractivity contribution in [1.29, 1.82) is 0 Å². The molecule has 1 aliphatic rings. The minimum Gasteiger partial charge on any atom is -0.342 e. The van der Waals surface area contributed by atoms with Crippen molar-refractivity contribution in [1.82, 2.24) is 24.9 Å². The van der Waals surface area contributed by atoms with Crippen LogP contribution in [-0.2, 0) is 11.2 Å². The fraction of sp³-hybridized carbons (Fsp3) is 0.562. The molecule has 118 valence electrons. The fourth-order valence-corrected chi connectivity index (χ4v) is 2.98. The van der Waals surface area contributed by atoms with Gasteiger partial charge in [0.25, 0.3) is 0 Å². The van der Waals surface area contributed by atoms with Crippen molar-refractivity contribution in [3.63, 3.8) is 0 Å². The van der Waals surface area contributed by atoms with E-state index in [9.17, 15) is 4.79 Å². The van der Waals surface area contributed by atoms with Crippen LogP contribution in [0, 0.1) is 0 Å². The Morgan fingerprint density at radius 3 is 3.00 bits per heavy atom. The highest BCUT2D eigenvalue weighted by Crippen LogP contribution is 2.25. The van der Waals surface area contributed by atoms with Crippen LogP contribution in [0.3, 0.4) is 0 Å². The van der Waals surface area contributed by atoms with E-state index in [2.05, 4.69) is 29.1 Å². The number of amides is 1. The first-order valence-corrected chi connectivity index (χ1v) is 7.94. The van der Waals surface area contributed by atoms with E-state index in [4.69, 9.17) is 0 Å². The number of aromatic amines is 1. The lowest BCUT2D eigenvalue weighted by Gasteiger charge is -2.32. The predicted octanol–water partition coefficient (Wildman–Crippen LogP) is 2.14. The second-order valence-corrected chi connectivity index (χ2v) is 6.25. The Morgan fingerprint density at radius 2 is 2.32 bits per heavy atom. The monoisotopic (exact) mass is 301 g/mol. The molecule has 3 heterocycles. The zero-order valence-corrected chi connectivity index (χ0v) is 13.2. The number of nitrogens with one attached hydrogen (secondary N) is 1. The molecule has 0 aliphatic carbocycles. The highest BCUT2D eigenvalue weighted by molar-refractivity contribution is 5.78. The Bertz CT molecular complexity index is 616. The van der Waals surface area contributed by atoms with E-state index in [0.29, 0.717) is 18.4 Å². The molecule has 1 amide bonds. The van der Waals surface area contributed by atoms with E-state index in [1.807, 2.05) is 27.9 Å². The summed E-state index contributed by atoms with van der Waals surface area (Å²) in [5, 5.41) is 11.5. The normalized spacial score (nSPS) is 18.9. The Labute approximate surface area is 130 Å². The number of carbonyl (C=O) groups is 1. The van der Waals surface area contributed by atoms with Gasteiger partial charge in [-0.25, -0.2) is 0 Å². The summed E-state index contributed by atoms with van der Waals surface area (Å²) >= 11 is 0. The molecular weight excluding hydrogens is 278 g/mol. The first kappa shape index (κ1) is 14.8. The summed E-state index contributed by atoms with van der Waals surface area (Å²) in [5.41, 5.74) is 1.98. The Kier molecular flexibility index (Phi) is 4.27. The lowest BCUT2D eigenvalue weighted by Crippen LogP contribution is -2.40. The van der Waals surface area contributed by atoms with Gasteiger partial charge in [-0.05, 0) is 38.8 Å². The summed E-state index contributed by atoms with van der Waals surface area (Å²) in [6.45, 7) is 5.77. The Hall–Kier alpha value is -2.11. The summed E-state index contributed by atoms with van der Waals surface area (Å²) < 4.78 is 1.90. The number of H-pyrrole nitrogens is 1. The highest BCUT2D eigenvalue weighted by Gasteiger charge is 2.25. The third-order valence-electron chi connectivity index (χ3n) is 4.26. The van der Waals surface area contributed by atoms with Gasteiger partial charge >= 0.3 is 0 Å².